The Kier molecular flexibility index (Phi) is 4.21. The summed E-state index contributed by atoms with van der Waals surface area (Å²) in [5.74, 6) is 0. The summed E-state index contributed by atoms with van der Waals surface area (Å²) in [6, 6.07) is 0. The van der Waals surface area contributed by atoms with E-state index in [9.17, 15) is 9.67 Å². The molecule has 0 radical (unpaired) electrons. The monoisotopic (exact) mass is 244 g/mol. The highest BCUT2D eigenvalue weighted by Crippen LogP contribution is 2.36. The molecule has 15 heavy (non-hydrogen) atoms. The molecule has 0 spiro atoms. The Labute approximate surface area is 85.3 Å². The first-order chi connectivity index (χ1) is 6.79. The molecular formula is C6H13O8P. The lowest BCUT2D eigenvalue weighted by molar-refractivity contribution is -0.251. The predicted octanol–water partition coefficient (Wildman–Crippen LogP) is -2.08. The first-order valence-corrected chi connectivity index (χ1v) is 5.72. The SMILES string of the molecule is O=P(O)(O)OC[C@@H]1C[C@H](O)[C@H](O)C(O)O1. The summed E-state index contributed by atoms with van der Waals surface area (Å²) in [4.78, 5) is 16.8. The fourth-order valence-corrected chi connectivity index (χ4v) is 1.58. The van der Waals surface area contributed by atoms with E-state index in [4.69, 9.17) is 24.7 Å². The smallest absolute Gasteiger partial charge is 0.390 e. The molecule has 1 saturated heterocycles. The third kappa shape index (κ3) is 4.13. The summed E-state index contributed by atoms with van der Waals surface area (Å²) in [5.41, 5.74) is 0. The van der Waals surface area contributed by atoms with Crippen LogP contribution in [0.3, 0.4) is 0 Å². The molecule has 9 heteroatoms. The van der Waals surface area contributed by atoms with E-state index in [1.165, 1.54) is 0 Å². The van der Waals surface area contributed by atoms with Gasteiger partial charge < -0.3 is 29.8 Å². The van der Waals surface area contributed by atoms with Crippen LogP contribution in [-0.4, -0.2) is 56.3 Å². The second-order valence-corrected chi connectivity index (χ2v) is 4.47. The molecule has 1 aliphatic heterocycles. The number of phosphoric ester groups is 1. The van der Waals surface area contributed by atoms with E-state index in [-0.39, 0.29) is 6.42 Å². The van der Waals surface area contributed by atoms with E-state index in [1.54, 1.807) is 0 Å². The molecule has 0 aliphatic carbocycles. The first-order valence-electron chi connectivity index (χ1n) is 4.19. The molecule has 0 aromatic carbocycles. The van der Waals surface area contributed by atoms with Gasteiger partial charge in [0.25, 0.3) is 0 Å². The van der Waals surface area contributed by atoms with Crippen molar-refractivity contribution >= 4 is 7.82 Å². The molecule has 0 aromatic heterocycles. The summed E-state index contributed by atoms with van der Waals surface area (Å²) >= 11 is 0. The van der Waals surface area contributed by atoms with Crippen LogP contribution in [0, 0.1) is 0 Å². The number of rotatable bonds is 3. The Bertz CT molecular complexity index is 240. The van der Waals surface area contributed by atoms with Gasteiger partial charge in [0.05, 0.1) is 18.8 Å². The van der Waals surface area contributed by atoms with E-state index in [2.05, 4.69) is 4.52 Å². The van der Waals surface area contributed by atoms with Gasteiger partial charge in [-0.15, -0.1) is 0 Å². The summed E-state index contributed by atoms with van der Waals surface area (Å²) in [5, 5.41) is 27.3. The number of aliphatic hydroxyl groups excluding tert-OH is 3. The number of phosphoric acid groups is 1. The Balaban J connectivity index is 2.42. The van der Waals surface area contributed by atoms with Crippen LogP contribution in [0.2, 0.25) is 0 Å². The zero-order chi connectivity index (χ0) is 11.6. The lowest BCUT2D eigenvalue weighted by atomic mass is 10.0. The summed E-state index contributed by atoms with van der Waals surface area (Å²) < 4.78 is 19.2. The number of hydrogen-bond donors (Lipinski definition) is 5. The highest BCUT2D eigenvalue weighted by atomic mass is 31.2. The molecule has 5 N–H and O–H groups in total. The van der Waals surface area contributed by atoms with Crippen LogP contribution in [0.4, 0.5) is 0 Å². The van der Waals surface area contributed by atoms with Crippen molar-refractivity contribution in [3.63, 3.8) is 0 Å². The minimum Gasteiger partial charge on any atom is -0.390 e. The van der Waals surface area contributed by atoms with Gasteiger partial charge >= 0.3 is 7.82 Å². The minimum absolute atomic E-state index is 0.0712. The molecule has 1 rings (SSSR count). The van der Waals surface area contributed by atoms with Gasteiger partial charge in [0.15, 0.2) is 6.29 Å². The molecule has 1 heterocycles. The second-order valence-electron chi connectivity index (χ2n) is 3.23. The number of hydrogen-bond acceptors (Lipinski definition) is 6. The van der Waals surface area contributed by atoms with E-state index < -0.39 is 39.0 Å². The third-order valence-electron chi connectivity index (χ3n) is 1.95. The highest BCUT2D eigenvalue weighted by molar-refractivity contribution is 7.46. The maximum absolute atomic E-state index is 10.3. The van der Waals surface area contributed by atoms with Crippen LogP contribution in [0.15, 0.2) is 0 Å². The first kappa shape index (κ1) is 13.0. The Hall–Kier alpha value is -0.0500. The van der Waals surface area contributed by atoms with Crippen molar-refractivity contribution in [3.8, 4) is 0 Å². The van der Waals surface area contributed by atoms with Crippen molar-refractivity contribution in [1.29, 1.82) is 0 Å². The van der Waals surface area contributed by atoms with E-state index in [0.29, 0.717) is 0 Å². The van der Waals surface area contributed by atoms with Crippen molar-refractivity contribution in [2.75, 3.05) is 6.61 Å². The van der Waals surface area contributed by atoms with Crippen LogP contribution in [0.25, 0.3) is 0 Å². The van der Waals surface area contributed by atoms with Crippen molar-refractivity contribution in [3.05, 3.63) is 0 Å². The minimum atomic E-state index is -4.59. The van der Waals surface area contributed by atoms with Gasteiger partial charge in [0, 0.05) is 6.42 Å². The topological polar surface area (TPSA) is 137 Å². The Morgan fingerprint density at radius 2 is 1.93 bits per heavy atom. The van der Waals surface area contributed by atoms with Crippen molar-refractivity contribution in [2.24, 2.45) is 0 Å². The number of ether oxygens (including phenoxy) is 1. The van der Waals surface area contributed by atoms with Crippen LogP contribution < -0.4 is 0 Å². The van der Waals surface area contributed by atoms with E-state index in [1.807, 2.05) is 0 Å². The average Bonchev–Trinajstić information content (AvgIpc) is 2.09. The van der Waals surface area contributed by atoms with Crippen LogP contribution in [0.1, 0.15) is 6.42 Å². The average molecular weight is 244 g/mol. The van der Waals surface area contributed by atoms with E-state index >= 15 is 0 Å². The van der Waals surface area contributed by atoms with Gasteiger partial charge in [-0.25, -0.2) is 4.57 Å². The lowest BCUT2D eigenvalue weighted by Gasteiger charge is -2.34. The van der Waals surface area contributed by atoms with Crippen LogP contribution in [0.5, 0.6) is 0 Å². The zero-order valence-corrected chi connectivity index (χ0v) is 8.53. The highest BCUT2D eigenvalue weighted by Gasteiger charge is 2.36. The maximum Gasteiger partial charge on any atom is 0.469 e. The molecular weight excluding hydrogens is 231 g/mol. The van der Waals surface area contributed by atoms with Gasteiger partial charge in [0.2, 0.25) is 0 Å². The van der Waals surface area contributed by atoms with Crippen molar-refractivity contribution < 1.29 is 38.9 Å². The van der Waals surface area contributed by atoms with Gasteiger partial charge in [0.1, 0.15) is 6.10 Å². The molecule has 1 unspecified atom stereocenters. The van der Waals surface area contributed by atoms with Crippen molar-refractivity contribution in [2.45, 2.75) is 31.0 Å². The summed E-state index contributed by atoms with van der Waals surface area (Å²) in [6.07, 6.45) is -5.15. The third-order valence-corrected chi connectivity index (χ3v) is 2.44. The zero-order valence-electron chi connectivity index (χ0n) is 7.63. The normalized spacial score (nSPS) is 37.9. The largest absolute Gasteiger partial charge is 0.469 e. The molecule has 0 amide bonds. The Morgan fingerprint density at radius 1 is 1.33 bits per heavy atom. The van der Waals surface area contributed by atoms with E-state index in [0.717, 1.165) is 0 Å². The van der Waals surface area contributed by atoms with Crippen LogP contribution in [-0.2, 0) is 13.8 Å². The van der Waals surface area contributed by atoms with Gasteiger partial charge in [-0.2, -0.15) is 0 Å². The predicted molar refractivity (Wildman–Crippen MR) is 45.5 cm³/mol. The molecule has 4 atom stereocenters. The van der Waals surface area contributed by atoms with Crippen molar-refractivity contribution in [1.82, 2.24) is 0 Å². The second kappa shape index (κ2) is 4.86. The fraction of sp³-hybridized carbons (Fsp3) is 1.00. The van der Waals surface area contributed by atoms with Gasteiger partial charge in [-0.05, 0) is 0 Å². The van der Waals surface area contributed by atoms with Gasteiger partial charge in [-0.1, -0.05) is 0 Å². The quantitative estimate of drug-likeness (QED) is 0.357. The molecule has 0 bridgehead atoms. The molecule has 1 fully saturated rings. The Morgan fingerprint density at radius 3 is 2.40 bits per heavy atom. The molecule has 8 nitrogen and oxygen atoms in total. The molecule has 0 saturated carbocycles. The lowest BCUT2D eigenvalue weighted by Crippen LogP contribution is -2.49. The van der Waals surface area contributed by atoms with Gasteiger partial charge in [-0.3, -0.25) is 4.52 Å². The summed E-state index contributed by atoms with van der Waals surface area (Å²) in [7, 11) is -4.59. The number of aliphatic hydroxyl groups is 3. The fourth-order valence-electron chi connectivity index (χ4n) is 1.22. The molecule has 90 valence electrons. The molecule has 0 aromatic rings. The standard InChI is InChI=1S/C6H13O8P/c7-4-1-3(2-13-15(10,11)12)14-6(9)5(4)8/h3-9H,1-2H2,(H2,10,11,12)/t3-,4-,5-,6?/m0/s1. The van der Waals surface area contributed by atoms with Crippen LogP contribution >= 0.6 is 7.82 Å². The maximum atomic E-state index is 10.3. The molecule has 1 aliphatic rings. The summed E-state index contributed by atoms with van der Waals surface area (Å²) in [6.45, 7) is -0.467.